The summed E-state index contributed by atoms with van der Waals surface area (Å²) in [7, 11) is 1.65. The Kier molecular flexibility index (Phi) is 7.96. The fourth-order valence-corrected chi connectivity index (χ4v) is 1.42. The van der Waals surface area contributed by atoms with Crippen molar-refractivity contribution in [2.24, 2.45) is 5.92 Å². The highest BCUT2D eigenvalue weighted by Crippen LogP contribution is 2.27. The topological polar surface area (TPSA) is 59.6 Å². The van der Waals surface area contributed by atoms with Crippen molar-refractivity contribution in [1.82, 2.24) is 10.6 Å². The van der Waals surface area contributed by atoms with Gasteiger partial charge in [0.2, 0.25) is 5.91 Å². The van der Waals surface area contributed by atoms with Gasteiger partial charge in [0.25, 0.3) is 0 Å². The monoisotopic (exact) mass is 244 g/mol. The molecule has 0 heterocycles. The highest BCUT2D eigenvalue weighted by atomic mass is 16.5. The van der Waals surface area contributed by atoms with Crippen LogP contribution in [0.2, 0.25) is 0 Å². The molecular weight excluding hydrogens is 220 g/mol. The number of carbonyl (C=O) groups excluding carboxylic acids is 1. The molecule has 2 N–H and O–H groups in total. The Morgan fingerprint density at radius 1 is 1.29 bits per heavy atom. The van der Waals surface area contributed by atoms with Crippen molar-refractivity contribution in [2.75, 3.05) is 46.6 Å². The summed E-state index contributed by atoms with van der Waals surface area (Å²) in [5, 5.41) is 6.01. The van der Waals surface area contributed by atoms with E-state index in [4.69, 9.17) is 9.47 Å². The molecule has 0 atom stereocenters. The van der Waals surface area contributed by atoms with E-state index in [1.165, 1.54) is 12.8 Å². The molecule has 0 aliphatic heterocycles. The third-order valence-corrected chi connectivity index (χ3v) is 2.63. The molecule has 1 aliphatic carbocycles. The molecule has 0 radical (unpaired) electrons. The van der Waals surface area contributed by atoms with Gasteiger partial charge in [0.1, 0.15) is 0 Å². The Balaban J connectivity index is 1.76. The Hall–Kier alpha value is -0.650. The van der Waals surface area contributed by atoms with Crippen LogP contribution >= 0.6 is 0 Å². The summed E-state index contributed by atoms with van der Waals surface area (Å²) in [5.41, 5.74) is 0. The Bertz CT molecular complexity index is 208. The van der Waals surface area contributed by atoms with Gasteiger partial charge in [-0.15, -0.1) is 0 Å². The molecule has 5 heteroatoms. The van der Waals surface area contributed by atoms with Crippen molar-refractivity contribution in [3.8, 4) is 0 Å². The van der Waals surface area contributed by atoms with Crippen molar-refractivity contribution in [2.45, 2.75) is 19.3 Å². The number of carbonyl (C=O) groups is 1. The van der Waals surface area contributed by atoms with Crippen LogP contribution in [0.4, 0.5) is 0 Å². The number of hydrogen-bond acceptors (Lipinski definition) is 4. The van der Waals surface area contributed by atoms with Gasteiger partial charge in [0.15, 0.2) is 0 Å². The van der Waals surface area contributed by atoms with E-state index in [-0.39, 0.29) is 5.91 Å². The van der Waals surface area contributed by atoms with Crippen molar-refractivity contribution in [3.63, 3.8) is 0 Å². The van der Waals surface area contributed by atoms with Crippen LogP contribution in [0.25, 0.3) is 0 Å². The minimum Gasteiger partial charge on any atom is -0.382 e. The third-order valence-electron chi connectivity index (χ3n) is 2.63. The normalized spacial score (nSPS) is 14.9. The summed E-state index contributed by atoms with van der Waals surface area (Å²) < 4.78 is 10.1. The number of rotatable bonds is 11. The van der Waals surface area contributed by atoms with Crippen molar-refractivity contribution in [3.05, 3.63) is 0 Å². The predicted octanol–water partition coefficient (Wildman–Crippen LogP) is 0.155. The van der Waals surface area contributed by atoms with Crippen LogP contribution < -0.4 is 10.6 Å². The quantitative estimate of drug-likeness (QED) is 0.508. The first kappa shape index (κ1) is 14.4. The van der Waals surface area contributed by atoms with Crippen molar-refractivity contribution < 1.29 is 14.3 Å². The summed E-state index contributed by atoms with van der Waals surface area (Å²) in [6.07, 6.45) is 3.47. The second kappa shape index (κ2) is 9.39. The van der Waals surface area contributed by atoms with E-state index in [1.54, 1.807) is 7.11 Å². The van der Waals surface area contributed by atoms with E-state index < -0.39 is 0 Å². The van der Waals surface area contributed by atoms with E-state index in [0.717, 1.165) is 18.9 Å². The van der Waals surface area contributed by atoms with Crippen LogP contribution in [-0.2, 0) is 14.3 Å². The molecule has 1 amide bonds. The van der Waals surface area contributed by atoms with Crippen molar-refractivity contribution in [1.29, 1.82) is 0 Å². The van der Waals surface area contributed by atoms with Gasteiger partial charge in [-0.3, -0.25) is 4.79 Å². The first-order chi connectivity index (χ1) is 8.33. The largest absolute Gasteiger partial charge is 0.382 e. The average Bonchev–Trinajstić information content (AvgIpc) is 3.12. The van der Waals surface area contributed by atoms with Crippen LogP contribution in [0.3, 0.4) is 0 Å². The van der Waals surface area contributed by atoms with Gasteiger partial charge in [0.05, 0.1) is 19.8 Å². The molecule has 1 saturated carbocycles. The summed E-state index contributed by atoms with van der Waals surface area (Å²) in [4.78, 5) is 11.3. The second-order valence-corrected chi connectivity index (χ2v) is 4.38. The van der Waals surface area contributed by atoms with E-state index in [2.05, 4.69) is 10.6 Å². The molecule has 100 valence electrons. The fraction of sp³-hybridized carbons (Fsp3) is 0.917. The zero-order chi connectivity index (χ0) is 12.3. The highest BCUT2D eigenvalue weighted by Gasteiger charge is 2.20. The molecule has 0 spiro atoms. The SMILES string of the molecule is COCCOCCCNC(=O)CNCC1CC1. The lowest BCUT2D eigenvalue weighted by molar-refractivity contribution is -0.120. The molecule has 5 nitrogen and oxygen atoms in total. The third kappa shape index (κ3) is 9.09. The molecule has 0 aromatic heterocycles. The van der Waals surface area contributed by atoms with Gasteiger partial charge in [-0.1, -0.05) is 0 Å². The zero-order valence-electron chi connectivity index (χ0n) is 10.7. The lowest BCUT2D eigenvalue weighted by atomic mass is 10.4. The van der Waals surface area contributed by atoms with Gasteiger partial charge in [0, 0.05) is 20.3 Å². The molecule has 0 bridgehead atoms. The minimum atomic E-state index is 0.0718. The molecule has 1 fully saturated rings. The molecule has 0 saturated heterocycles. The van der Waals surface area contributed by atoms with E-state index in [0.29, 0.717) is 32.9 Å². The van der Waals surface area contributed by atoms with Crippen LogP contribution in [-0.4, -0.2) is 52.5 Å². The molecular formula is C12H24N2O3. The van der Waals surface area contributed by atoms with Gasteiger partial charge in [-0.2, -0.15) is 0 Å². The van der Waals surface area contributed by atoms with Gasteiger partial charge in [-0.05, 0) is 31.7 Å². The molecule has 17 heavy (non-hydrogen) atoms. The first-order valence-electron chi connectivity index (χ1n) is 6.37. The van der Waals surface area contributed by atoms with E-state index in [1.807, 2.05) is 0 Å². The Morgan fingerprint density at radius 2 is 2.12 bits per heavy atom. The molecule has 1 rings (SSSR count). The first-order valence-corrected chi connectivity index (χ1v) is 6.37. The highest BCUT2D eigenvalue weighted by molar-refractivity contribution is 5.77. The lowest BCUT2D eigenvalue weighted by Crippen LogP contribution is -2.35. The number of ether oxygens (including phenoxy) is 2. The summed E-state index contributed by atoms with van der Waals surface area (Å²) in [6, 6.07) is 0. The number of nitrogens with one attached hydrogen (secondary N) is 2. The minimum absolute atomic E-state index is 0.0718. The molecule has 0 aromatic carbocycles. The van der Waals surface area contributed by atoms with Crippen molar-refractivity contribution >= 4 is 5.91 Å². The maximum atomic E-state index is 11.3. The van der Waals surface area contributed by atoms with Gasteiger partial charge in [-0.25, -0.2) is 0 Å². The Labute approximate surface area is 103 Å². The molecule has 0 aromatic rings. The van der Waals surface area contributed by atoms with Gasteiger partial charge >= 0.3 is 0 Å². The molecule has 0 unspecified atom stereocenters. The van der Waals surface area contributed by atoms with Crippen LogP contribution in [0, 0.1) is 5.92 Å². The second-order valence-electron chi connectivity index (χ2n) is 4.38. The maximum Gasteiger partial charge on any atom is 0.233 e. The standard InChI is InChI=1S/C12H24N2O3/c1-16-7-8-17-6-2-5-14-12(15)10-13-9-11-3-4-11/h11,13H,2-10H2,1H3,(H,14,15). The summed E-state index contributed by atoms with van der Waals surface area (Å²) in [6.45, 7) is 4.00. The zero-order valence-corrected chi connectivity index (χ0v) is 10.7. The lowest BCUT2D eigenvalue weighted by Gasteiger charge is -2.06. The summed E-state index contributed by atoms with van der Waals surface area (Å²) in [5.74, 6) is 0.888. The Morgan fingerprint density at radius 3 is 2.82 bits per heavy atom. The van der Waals surface area contributed by atoms with Crippen LogP contribution in [0.15, 0.2) is 0 Å². The smallest absolute Gasteiger partial charge is 0.233 e. The van der Waals surface area contributed by atoms with Crippen LogP contribution in [0.5, 0.6) is 0 Å². The average molecular weight is 244 g/mol. The molecule has 1 aliphatic rings. The number of hydrogen-bond donors (Lipinski definition) is 2. The van der Waals surface area contributed by atoms with Gasteiger partial charge < -0.3 is 20.1 Å². The number of amides is 1. The van der Waals surface area contributed by atoms with E-state index in [9.17, 15) is 4.79 Å². The maximum absolute atomic E-state index is 11.3. The van der Waals surface area contributed by atoms with Crippen LogP contribution in [0.1, 0.15) is 19.3 Å². The predicted molar refractivity (Wildman–Crippen MR) is 65.9 cm³/mol. The summed E-state index contributed by atoms with van der Waals surface area (Å²) >= 11 is 0. The number of methoxy groups -OCH3 is 1. The fourth-order valence-electron chi connectivity index (χ4n) is 1.42. The van der Waals surface area contributed by atoms with E-state index >= 15 is 0 Å².